The largest absolute Gasteiger partial charge is 0.364 e. The summed E-state index contributed by atoms with van der Waals surface area (Å²) in [7, 11) is 0. The van der Waals surface area contributed by atoms with Gasteiger partial charge >= 0.3 is 0 Å². The van der Waals surface area contributed by atoms with Crippen LogP contribution in [0.15, 0.2) is 22.5 Å². The van der Waals surface area contributed by atoms with E-state index in [-0.39, 0.29) is 5.41 Å². The summed E-state index contributed by atoms with van der Waals surface area (Å²) in [4.78, 5) is 0. The molecule has 1 aliphatic rings. The number of nitrogens with one attached hydrogen (secondary N) is 1. The Balaban J connectivity index is 3.04. The first-order valence-electron chi connectivity index (χ1n) is 4.33. The molecular weight excluding hydrogens is 170 g/mol. The van der Waals surface area contributed by atoms with Crippen LogP contribution < -0.4 is 5.32 Å². The Bertz CT molecular complexity index is 249. The minimum Gasteiger partial charge on any atom is -0.364 e. The first kappa shape index (κ1) is 9.66. The summed E-state index contributed by atoms with van der Waals surface area (Å²) in [5.74, 6) is 0. The molecule has 0 bridgehead atoms. The Morgan fingerprint density at radius 3 is 2.58 bits per heavy atom. The quantitative estimate of drug-likeness (QED) is 0.661. The van der Waals surface area contributed by atoms with Crippen LogP contribution in [0.3, 0.4) is 0 Å². The average molecular weight is 186 g/mol. The molecule has 0 aromatic carbocycles. The van der Waals surface area contributed by atoms with E-state index in [9.17, 15) is 0 Å². The van der Waals surface area contributed by atoms with Gasteiger partial charge in [0.2, 0.25) is 0 Å². The van der Waals surface area contributed by atoms with Crippen molar-refractivity contribution in [3.63, 3.8) is 0 Å². The fraction of sp³-hybridized carbons (Fsp3) is 0.600. The zero-order valence-electron chi connectivity index (χ0n) is 8.16. The highest BCUT2D eigenvalue weighted by molar-refractivity contribution is 6.31. The molecule has 1 rings (SSSR count). The van der Waals surface area contributed by atoms with Crippen LogP contribution >= 0.6 is 11.6 Å². The van der Waals surface area contributed by atoms with Gasteiger partial charge in [0.25, 0.3) is 0 Å². The van der Waals surface area contributed by atoms with E-state index in [0.717, 1.165) is 17.2 Å². The lowest BCUT2D eigenvalue weighted by Crippen LogP contribution is -2.25. The van der Waals surface area contributed by atoms with Crippen LogP contribution in [-0.4, -0.2) is 0 Å². The standard InChI is InChI=1S/C10H16ClN/c1-5-8-9(11)10(3,4)7(2)6-12-8/h6,12H,5H2,1-4H3. The highest BCUT2D eigenvalue weighted by atomic mass is 35.5. The SMILES string of the molecule is CCC1=C(Cl)C(C)(C)C(C)=CN1. The monoisotopic (exact) mass is 185 g/mol. The summed E-state index contributed by atoms with van der Waals surface area (Å²) >= 11 is 6.25. The Kier molecular flexibility index (Phi) is 2.52. The number of halogens is 1. The van der Waals surface area contributed by atoms with Crippen molar-refractivity contribution in [2.75, 3.05) is 0 Å². The van der Waals surface area contributed by atoms with Gasteiger partial charge < -0.3 is 5.32 Å². The number of rotatable bonds is 1. The normalized spacial score (nSPS) is 21.9. The van der Waals surface area contributed by atoms with Crippen molar-refractivity contribution in [2.45, 2.75) is 34.1 Å². The summed E-state index contributed by atoms with van der Waals surface area (Å²) in [5.41, 5.74) is 2.44. The topological polar surface area (TPSA) is 12.0 Å². The van der Waals surface area contributed by atoms with Gasteiger partial charge in [-0.25, -0.2) is 0 Å². The van der Waals surface area contributed by atoms with E-state index in [0.29, 0.717) is 0 Å². The van der Waals surface area contributed by atoms with Gasteiger partial charge in [-0.3, -0.25) is 0 Å². The molecule has 0 saturated carbocycles. The minimum atomic E-state index is 0.0121. The van der Waals surface area contributed by atoms with Gasteiger partial charge in [-0.05, 0) is 18.9 Å². The molecule has 0 amide bonds. The molecule has 0 aliphatic carbocycles. The second kappa shape index (κ2) is 3.14. The summed E-state index contributed by atoms with van der Waals surface area (Å²) in [5, 5.41) is 4.16. The Hall–Kier alpha value is -0.430. The molecule has 0 fully saturated rings. The highest BCUT2D eigenvalue weighted by Crippen LogP contribution is 2.40. The molecule has 1 nitrogen and oxygen atoms in total. The lowest BCUT2D eigenvalue weighted by molar-refractivity contribution is 0.535. The van der Waals surface area contributed by atoms with Crippen molar-refractivity contribution in [2.24, 2.45) is 5.41 Å². The predicted octanol–water partition coefficient (Wildman–Crippen LogP) is 3.38. The lowest BCUT2D eigenvalue weighted by atomic mass is 9.82. The number of hydrogen-bond acceptors (Lipinski definition) is 1. The maximum Gasteiger partial charge on any atom is 0.0470 e. The third-order valence-electron chi connectivity index (χ3n) is 2.62. The maximum absolute atomic E-state index is 6.25. The van der Waals surface area contributed by atoms with E-state index in [1.165, 1.54) is 5.57 Å². The van der Waals surface area contributed by atoms with Crippen molar-refractivity contribution in [3.05, 3.63) is 22.5 Å². The Morgan fingerprint density at radius 1 is 1.50 bits per heavy atom. The molecule has 1 aliphatic heterocycles. The first-order chi connectivity index (χ1) is 5.50. The molecule has 0 aromatic rings. The van der Waals surface area contributed by atoms with Gasteiger partial charge in [-0.1, -0.05) is 32.4 Å². The summed E-state index contributed by atoms with van der Waals surface area (Å²) < 4.78 is 0. The van der Waals surface area contributed by atoms with Gasteiger partial charge in [-0.2, -0.15) is 0 Å². The molecule has 0 aromatic heterocycles. The first-order valence-corrected chi connectivity index (χ1v) is 4.70. The van der Waals surface area contributed by atoms with Crippen molar-refractivity contribution in [3.8, 4) is 0 Å². The third-order valence-corrected chi connectivity index (χ3v) is 3.32. The highest BCUT2D eigenvalue weighted by Gasteiger charge is 2.29. The predicted molar refractivity (Wildman–Crippen MR) is 53.8 cm³/mol. The molecular formula is C10H16ClN. The van der Waals surface area contributed by atoms with Gasteiger partial charge in [0.1, 0.15) is 0 Å². The van der Waals surface area contributed by atoms with Crippen LogP contribution in [-0.2, 0) is 0 Å². The second-order valence-corrected chi connectivity index (χ2v) is 4.12. The molecule has 12 heavy (non-hydrogen) atoms. The van der Waals surface area contributed by atoms with E-state index in [2.05, 4.69) is 33.0 Å². The second-order valence-electron chi connectivity index (χ2n) is 3.74. The Labute approximate surface area is 79.5 Å². The van der Waals surface area contributed by atoms with Crippen molar-refractivity contribution >= 4 is 11.6 Å². The summed E-state index contributed by atoms with van der Waals surface area (Å²) in [6, 6.07) is 0. The van der Waals surface area contributed by atoms with Gasteiger partial charge in [-0.15, -0.1) is 0 Å². The molecule has 0 spiro atoms. The summed E-state index contributed by atoms with van der Waals surface area (Å²) in [6.07, 6.45) is 3.01. The molecule has 0 saturated heterocycles. The van der Waals surface area contributed by atoms with E-state index >= 15 is 0 Å². The van der Waals surface area contributed by atoms with E-state index in [1.807, 2.05) is 6.20 Å². The van der Waals surface area contributed by atoms with Crippen molar-refractivity contribution in [1.82, 2.24) is 5.32 Å². The molecule has 0 radical (unpaired) electrons. The molecule has 1 N–H and O–H groups in total. The van der Waals surface area contributed by atoms with Crippen molar-refractivity contribution < 1.29 is 0 Å². The molecule has 0 atom stereocenters. The molecule has 1 heterocycles. The molecule has 68 valence electrons. The number of allylic oxidation sites excluding steroid dienone is 3. The van der Waals surface area contributed by atoms with Crippen LogP contribution in [0.5, 0.6) is 0 Å². The zero-order chi connectivity index (χ0) is 9.35. The minimum absolute atomic E-state index is 0.0121. The van der Waals surface area contributed by atoms with Crippen LogP contribution in [0.4, 0.5) is 0 Å². The number of dihydropyridines is 1. The van der Waals surface area contributed by atoms with Gasteiger partial charge in [0.15, 0.2) is 0 Å². The Morgan fingerprint density at radius 2 is 2.08 bits per heavy atom. The van der Waals surface area contributed by atoms with Crippen LogP contribution in [0.25, 0.3) is 0 Å². The lowest BCUT2D eigenvalue weighted by Gasteiger charge is -2.31. The summed E-state index contributed by atoms with van der Waals surface area (Å²) in [6.45, 7) is 8.51. The van der Waals surface area contributed by atoms with E-state index in [4.69, 9.17) is 11.6 Å². The van der Waals surface area contributed by atoms with E-state index < -0.39 is 0 Å². The average Bonchev–Trinajstić information content (AvgIpc) is 2.02. The van der Waals surface area contributed by atoms with Crippen LogP contribution in [0.2, 0.25) is 0 Å². The van der Waals surface area contributed by atoms with Gasteiger partial charge in [0, 0.05) is 22.3 Å². The fourth-order valence-corrected chi connectivity index (χ4v) is 1.58. The third kappa shape index (κ3) is 1.38. The maximum atomic E-state index is 6.25. The van der Waals surface area contributed by atoms with Crippen molar-refractivity contribution in [1.29, 1.82) is 0 Å². The number of hydrogen-bond donors (Lipinski definition) is 1. The fourth-order valence-electron chi connectivity index (χ4n) is 1.25. The van der Waals surface area contributed by atoms with E-state index in [1.54, 1.807) is 0 Å². The van der Waals surface area contributed by atoms with Gasteiger partial charge in [0.05, 0.1) is 0 Å². The van der Waals surface area contributed by atoms with Crippen LogP contribution in [0.1, 0.15) is 34.1 Å². The van der Waals surface area contributed by atoms with Crippen LogP contribution in [0, 0.1) is 5.41 Å². The molecule has 0 unspecified atom stereocenters. The molecule has 2 heteroatoms. The smallest absolute Gasteiger partial charge is 0.0470 e. The zero-order valence-corrected chi connectivity index (χ0v) is 8.92.